The molecular weight excluding hydrogens is 172 g/mol. The minimum absolute atomic E-state index is 0.0835. The molecule has 13 heavy (non-hydrogen) atoms. The largest absolute Gasteiger partial charge is 0.388 e. The van der Waals surface area contributed by atoms with Crippen LogP contribution in [0.4, 0.5) is 0 Å². The summed E-state index contributed by atoms with van der Waals surface area (Å²) in [4.78, 5) is 0. The van der Waals surface area contributed by atoms with Crippen LogP contribution in [0.2, 0.25) is 0 Å². The van der Waals surface area contributed by atoms with Crippen LogP contribution in [-0.2, 0) is 4.74 Å². The second-order valence-electron chi connectivity index (χ2n) is 4.67. The van der Waals surface area contributed by atoms with E-state index in [4.69, 9.17) is 4.74 Å². The zero-order valence-electron chi connectivity index (χ0n) is 8.27. The maximum absolute atomic E-state index is 9.61. The summed E-state index contributed by atoms with van der Waals surface area (Å²) in [6, 6.07) is 0. The summed E-state index contributed by atoms with van der Waals surface area (Å²) in [5.41, 5.74) is -0.236. The average Bonchev–Trinajstić information content (AvgIpc) is 1.98. The molecule has 0 aromatic carbocycles. The highest BCUT2D eigenvalue weighted by Gasteiger charge is 2.42. The van der Waals surface area contributed by atoms with Crippen LogP contribution in [0.5, 0.6) is 0 Å². The van der Waals surface area contributed by atoms with Gasteiger partial charge in [0.05, 0.1) is 12.7 Å². The van der Waals surface area contributed by atoms with Crippen molar-refractivity contribution in [3.63, 3.8) is 0 Å². The number of aliphatic hydroxyl groups excluding tert-OH is 3. The standard InChI is InChI=1S/C9H18O4/c1-9(2,3)8-7(12)6(11)5(10)4-13-8/h5-8,10-12H,4H2,1-3H3/t5-,6-,7+,8-/m1/s1. The molecule has 0 saturated carbocycles. The maximum atomic E-state index is 9.61. The summed E-state index contributed by atoms with van der Waals surface area (Å²) in [5.74, 6) is 0. The number of hydrogen-bond acceptors (Lipinski definition) is 4. The van der Waals surface area contributed by atoms with Crippen molar-refractivity contribution >= 4 is 0 Å². The van der Waals surface area contributed by atoms with Crippen molar-refractivity contribution in [1.29, 1.82) is 0 Å². The molecule has 1 aliphatic heterocycles. The van der Waals surface area contributed by atoms with Gasteiger partial charge in [-0.3, -0.25) is 0 Å². The summed E-state index contributed by atoms with van der Waals surface area (Å²) in [7, 11) is 0. The Labute approximate surface area is 78.1 Å². The molecule has 3 N–H and O–H groups in total. The molecule has 0 aliphatic carbocycles. The van der Waals surface area contributed by atoms with Crippen molar-refractivity contribution in [3.05, 3.63) is 0 Å². The van der Waals surface area contributed by atoms with Gasteiger partial charge in [0.15, 0.2) is 0 Å². The molecule has 0 amide bonds. The Bertz CT molecular complexity index is 175. The fraction of sp³-hybridized carbons (Fsp3) is 1.00. The first-order chi connectivity index (χ1) is 5.84. The molecule has 4 atom stereocenters. The van der Waals surface area contributed by atoms with E-state index in [1.807, 2.05) is 20.8 Å². The van der Waals surface area contributed by atoms with Gasteiger partial charge < -0.3 is 20.1 Å². The fourth-order valence-corrected chi connectivity index (χ4v) is 1.57. The predicted molar refractivity (Wildman–Crippen MR) is 47.2 cm³/mol. The van der Waals surface area contributed by atoms with E-state index in [1.54, 1.807) is 0 Å². The maximum Gasteiger partial charge on any atom is 0.111 e. The molecule has 1 aliphatic rings. The molecule has 1 rings (SSSR count). The molecule has 4 nitrogen and oxygen atoms in total. The van der Waals surface area contributed by atoms with Crippen LogP contribution in [-0.4, -0.2) is 46.3 Å². The average molecular weight is 190 g/mol. The lowest BCUT2D eigenvalue weighted by molar-refractivity contribution is -0.211. The molecule has 0 unspecified atom stereocenters. The van der Waals surface area contributed by atoms with Gasteiger partial charge in [0.1, 0.15) is 18.3 Å². The van der Waals surface area contributed by atoms with E-state index in [2.05, 4.69) is 0 Å². The summed E-state index contributed by atoms with van der Waals surface area (Å²) in [6.07, 6.45) is -3.51. The quantitative estimate of drug-likeness (QED) is 0.482. The lowest BCUT2D eigenvalue weighted by Crippen LogP contribution is -2.56. The third-order valence-corrected chi connectivity index (χ3v) is 2.35. The summed E-state index contributed by atoms with van der Waals surface area (Å²) < 4.78 is 5.28. The number of aliphatic hydroxyl groups is 3. The molecular formula is C9H18O4. The third-order valence-electron chi connectivity index (χ3n) is 2.35. The summed E-state index contributed by atoms with van der Waals surface area (Å²) in [6.45, 7) is 5.85. The van der Waals surface area contributed by atoms with Gasteiger partial charge in [0.25, 0.3) is 0 Å². The van der Waals surface area contributed by atoms with Crippen LogP contribution < -0.4 is 0 Å². The first-order valence-electron chi connectivity index (χ1n) is 4.50. The van der Waals surface area contributed by atoms with Crippen LogP contribution in [0.25, 0.3) is 0 Å². The summed E-state index contributed by atoms with van der Waals surface area (Å²) >= 11 is 0. The highest BCUT2D eigenvalue weighted by atomic mass is 16.5. The van der Waals surface area contributed by atoms with E-state index < -0.39 is 24.4 Å². The van der Waals surface area contributed by atoms with Crippen molar-refractivity contribution < 1.29 is 20.1 Å². The molecule has 0 aromatic rings. The van der Waals surface area contributed by atoms with Crippen molar-refractivity contribution in [3.8, 4) is 0 Å². The van der Waals surface area contributed by atoms with E-state index in [-0.39, 0.29) is 12.0 Å². The van der Waals surface area contributed by atoms with Gasteiger partial charge in [0, 0.05) is 0 Å². The fourth-order valence-electron chi connectivity index (χ4n) is 1.57. The monoisotopic (exact) mass is 190 g/mol. The molecule has 1 heterocycles. The van der Waals surface area contributed by atoms with Crippen LogP contribution in [0.1, 0.15) is 20.8 Å². The van der Waals surface area contributed by atoms with Gasteiger partial charge in [0.2, 0.25) is 0 Å². The minimum atomic E-state index is -1.10. The Morgan fingerprint density at radius 2 is 1.62 bits per heavy atom. The molecule has 0 spiro atoms. The number of ether oxygens (including phenoxy) is 1. The van der Waals surface area contributed by atoms with E-state index in [0.29, 0.717) is 0 Å². The van der Waals surface area contributed by atoms with Crippen molar-refractivity contribution in [1.82, 2.24) is 0 Å². The van der Waals surface area contributed by atoms with Gasteiger partial charge in [-0.1, -0.05) is 20.8 Å². The summed E-state index contributed by atoms with van der Waals surface area (Å²) in [5, 5.41) is 28.2. The molecule has 0 bridgehead atoms. The number of hydrogen-bond donors (Lipinski definition) is 3. The Morgan fingerprint density at radius 1 is 1.08 bits per heavy atom. The van der Waals surface area contributed by atoms with E-state index >= 15 is 0 Å². The molecule has 1 saturated heterocycles. The SMILES string of the molecule is CC(C)(C)[C@@H]1OC[C@@H](O)[C@@H](O)[C@@H]1O. The minimum Gasteiger partial charge on any atom is -0.388 e. The Kier molecular flexibility index (Phi) is 2.97. The Balaban J connectivity index is 2.70. The van der Waals surface area contributed by atoms with E-state index in [9.17, 15) is 15.3 Å². The Morgan fingerprint density at radius 3 is 2.08 bits per heavy atom. The Hall–Kier alpha value is -0.160. The van der Waals surface area contributed by atoms with E-state index in [1.165, 1.54) is 0 Å². The van der Waals surface area contributed by atoms with Crippen LogP contribution in [0.3, 0.4) is 0 Å². The molecule has 1 fully saturated rings. The normalized spacial score (nSPS) is 42.0. The lowest BCUT2D eigenvalue weighted by atomic mass is 9.81. The highest BCUT2D eigenvalue weighted by molar-refractivity contribution is 4.92. The van der Waals surface area contributed by atoms with Crippen molar-refractivity contribution in [2.45, 2.75) is 45.2 Å². The zero-order valence-corrected chi connectivity index (χ0v) is 8.27. The third kappa shape index (κ3) is 2.20. The van der Waals surface area contributed by atoms with Crippen molar-refractivity contribution in [2.24, 2.45) is 5.41 Å². The van der Waals surface area contributed by atoms with Crippen LogP contribution in [0, 0.1) is 5.41 Å². The van der Waals surface area contributed by atoms with Gasteiger partial charge in [-0.05, 0) is 5.41 Å². The molecule has 78 valence electrons. The van der Waals surface area contributed by atoms with Gasteiger partial charge in [-0.15, -0.1) is 0 Å². The first kappa shape index (κ1) is 10.9. The van der Waals surface area contributed by atoms with Gasteiger partial charge in [-0.2, -0.15) is 0 Å². The topological polar surface area (TPSA) is 69.9 Å². The van der Waals surface area contributed by atoms with Gasteiger partial charge >= 0.3 is 0 Å². The predicted octanol–water partition coefficient (Wildman–Crippen LogP) is -0.486. The smallest absolute Gasteiger partial charge is 0.111 e. The zero-order chi connectivity index (χ0) is 10.2. The molecule has 4 heteroatoms. The van der Waals surface area contributed by atoms with Crippen LogP contribution in [0.15, 0.2) is 0 Å². The van der Waals surface area contributed by atoms with E-state index in [0.717, 1.165) is 0 Å². The van der Waals surface area contributed by atoms with Crippen LogP contribution >= 0.6 is 0 Å². The second-order valence-corrected chi connectivity index (χ2v) is 4.67. The lowest BCUT2D eigenvalue weighted by Gasteiger charge is -2.41. The number of rotatable bonds is 0. The van der Waals surface area contributed by atoms with Gasteiger partial charge in [-0.25, -0.2) is 0 Å². The molecule has 0 aromatic heterocycles. The second kappa shape index (κ2) is 3.53. The van der Waals surface area contributed by atoms with Crippen molar-refractivity contribution in [2.75, 3.05) is 6.61 Å². The first-order valence-corrected chi connectivity index (χ1v) is 4.50. The molecule has 0 radical (unpaired) electrons. The highest BCUT2D eigenvalue weighted by Crippen LogP contribution is 2.30.